The number of rotatable bonds is 6. The fourth-order valence-corrected chi connectivity index (χ4v) is 9.87. The number of nitrogens with zero attached hydrogens (tertiary/aromatic N) is 6. The Morgan fingerprint density at radius 2 is 1.65 bits per heavy atom. The van der Waals surface area contributed by atoms with E-state index in [2.05, 4.69) is 20.2 Å². The second kappa shape index (κ2) is 14.3. The lowest BCUT2D eigenvalue weighted by atomic mass is 9.95. The van der Waals surface area contributed by atoms with Gasteiger partial charge < -0.3 is 24.0 Å². The Morgan fingerprint density at radius 1 is 0.947 bits per heavy atom. The van der Waals surface area contributed by atoms with Crippen molar-refractivity contribution < 1.29 is 41.4 Å². The smallest absolute Gasteiger partial charge is 0.413 e. The molecule has 2 aromatic heterocycles. The van der Waals surface area contributed by atoms with Gasteiger partial charge in [0.15, 0.2) is 10.9 Å². The highest BCUT2D eigenvalue weighted by Crippen LogP contribution is 2.47. The minimum atomic E-state index is -1.14. The van der Waals surface area contributed by atoms with Gasteiger partial charge in [-0.2, -0.15) is 9.97 Å². The molecule has 8 rings (SSSR count). The summed E-state index contributed by atoms with van der Waals surface area (Å²) in [4.78, 5) is 45.1. The predicted molar refractivity (Wildman–Crippen MR) is 209 cm³/mol. The monoisotopic (exact) mass is 833 g/mol. The van der Waals surface area contributed by atoms with Crippen LogP contribution in [0.3, 0.4) is 0 Å². The van der Waals surface area contributed by atoms with Crippen molar-refractivity contribution in [3.8, 4) is 17.1 Å². The molecule has 4 saturated heterocycles. The number of benzene rings is 2. The summed E-state index contributed by atoms with van der Waals surface area (Å²) in [6.45, 7) is 12.2. The van der Waals surface area contributed by atoms with Crippen LogP contribution in [-0.2, 0) is 9.47 Å². The number of carbonyl (C=O) groups excluding carboxylic acids is 2. The molecule has 0 radical (unpaired) electrons. The Balaban J connectivity index is 1.23. The largest absolute Gasteiger partial charge is 0.461 e. The van der Waals surface area contributed by atoms with Gasteiger partial charge in [0.1, 0.15) is 46.9 Å². The fraction of sp³-hybridized carbons (Fsp3) is 0.564. The number of nitrogens with one attached hydrogen (secondary N) is 1. The van der Waals surface area contributed by atoms with E-state index in [4.69, 9.17) is 30.8 Å². The lowest BCUT2D eigenvalue weighted by Gasteiger charge is -2.42. The van der Waals surface area contributed by atoms with Gasteiger partial charge in [0.05, 0.1) is 20.8 Å². The molecule has 18 heteroatoms. The van der Waals surface area contributed by atoms with E-state index in [-0.39, 0.29) is 62.4 Å². The van der Waals surface area contributed by atoms with Crippen LogP contribution >= 0.6 is 22.9 Å². The molecular formula is C39H44ClF4N7O5S. The molecule has 4 aliphatic heterocycles. The van der Waals surface area contributed by atoms with E-state index < -0.39 is 63.7 Å². The molecule has 4 fully saturated rings. The zero-order valence-electron chi connectivity index (χ0n) is 32.5. The van der Waals surface area contributed by atoms with Crippen LogP contribution in [0.5, 0.6) is 6.01 Å². The molecule has 4 aliphatic rings. The van der Waals surface area contributed by atoms with Crippen molar-refractivity contribution in [2.45, 2.75) is 109 Å². The molecule has 1 N–H and O–H groups in total. The Labute approximate surface area is 335 Å². The lowest BCUT2D eigenvalue weighted by Crippen LogP contribution is -2.56. The zero-order valence-corrected chi connectivity index (χ0v) is 34.1. The summed E-state index contributed by atoms with van der Waals surface area (Å²) in [5, 5.41) is 2.33. The highest BCUT2D eigenvalue weighted by atomic mass is 35.5. The molecule has 0 aliphatic carbocycles. The van der Waals surface area contributed by atoms with Gasteiger partial charge in [-0.25, -0.2) is 32.1 Å². The average Bonchev–Trinajstić information content (AvgIpc) is 3.83. The van der Waals surface area contributed by atoms with E-state index in [0.29, 0.717) is 44.4 Å². The topological polar surface area (TPSA) is 122 Å². The summed E-state index contributed by atoms with van der Waals surface area (Å²) < 4.78 is 80.3. The van der Waals surface area contributed by atoms with E-state index in [9.17, 15) is 14.0 Å². The van der Waals surface area contributed by atoms with Gasteiger partial charge in [-0.05, 0) is 79.8 Å². The molecular weight excluding hydrogens is 790 g/mol. The van der Waals surface area contributed by atoms with Crippen LogP contribution in [0.4, 0.5) is 38.1 Å². The average molecular weight is 834 g/mol. The van der Waals surface area contributed by atoms with Crippen molar-refractivity contribution in [2.24, 2.45) is 0 Å². The number of aromatic nitrogens is 3. The van der Waals surface area contributed by atoms with Crippen molar-refractivity contribution in [1.29, 1.82) is 0 Å². The maximum atomic E-state index is 17.3. The van der Waals surface area contributed by atoms with Crippen LogP contribution in [0.15, 0.2) is 12.1 Å². The molecule has 2 unspecified atom stereocenters. The maximum absolute atomic E-state index is 17.3. The first-order valence-electron chi connectivity index (χ1n) is 19.1. The standard InChI is InChI=1S/C39H44ClF4N7O5S/c1-37(2,3)55-35(52)48-34-46-30-27(24(42)13-25(43)31(30)57-34)26-23(40)12-22-29(28(26)44)45-33(54-18-39-10-7-11-50(39)15-19(41)14-39)47-32(22)51-20-8-9-21(51)17-49(16-20)36(53)56-38(4,5)6/h12-13,19-21H,7-11,14-18H2,1-6H3,(H,46,48,52)/t19-,20?,21?,39+/m1/s1. The number of piperazine rings is 1. The number of thiazole rings is 1. The van der Waals surface area contributed by atoms with E-state index in [1.165, 1.54) is 6.07 Å². The first-order valence-corrected chi connectivity index (χ1v) is 20.3. The third kappa shape index (κ3) is 7.50. The van der Waals surface area contributed by atoms with Gasteiger partial charge in [-0.1, -0.05) is 22.9 Å². The van der Waals surface area contributed by atoms with Gasteiger partial charge in [-0.15, -0.1) is 0 Å². The van der Waals surface area contributed by atoms with Crippen molar-refractivity contribution in [1.82, 2.24) is 24.8 Å². The van der Waals surface area contributed by atoms with Crippen molar-refractivity contribution >= 4 is 67.2 Å². The molecule has 6 heterocycles. The number of anilines is 2. The minimum absolute atomic E-state index is 0.0686. The third-order valence-corrected chi connectivity index (χ3v) is 12.2. The maximum Gasteiger partial charge on any atom is 0.413 e. The first-order chi connectivity index (χ1) is 26.8. The number of hydrogen-bond donors (Lipinski definition) is 1. The van der Waals surface area contributed by atoms with E-state index in [0.717, 1.165) is 30.7 Å². The molecule has 0 saturated carbocycles. The summed E-state index contributed by atoms with van der Waals surface area (Å²) >= 11 is 7.60. The number of hydrogen-bond acceptors (Lipinski definition) is 11. The predicted octanol–water partition coefficient (Wildman–Crippen LogP) is 8.87. The molecule has 2 aromatic carbocycles. The first kappa shape index (κ1) is 39.6. The van der Waals surface area contributed by atoms with E-state index >= 15 is 13.2 Å². The van der Waals surface area contributed by atoms with Crippen molar-refractivity contribution in [3.63, 3.8) is 0 Å². The van der Waals surface area contributed by atoms with Gasteiger partial charge in [0.2, 0.25) is 0 Å². The molecule has 306 valence electrons. The second-order valence-electron chi connectivity index (χ2n) is 17.4. The Bertz CT molecular complexity index is 2270. The van der Waals surface area contributed by atoms with Crippen LogP contribution in [0.1, 0.15) is 73.6 Å². The molecule has 0 spiro atoms. The summed E-state index contributed by atoms with van der Waals surface area (Å²) in [7, 11) is 0. The number of fused-ring (bicyclic) bond motifs is 5. The number of ether oxygens (including phenoxy) is 3. The molecule has 2 bridgehead atoms. The van der Waals surface area contributed by atoms with Crippen LogP contribution in [0, 0.1) is 17.5 Å². The van der Waals surface area contributed by atoms with Gasteiger partial charge in [-0.3, -0.25) is 10.2 Å². The molecule has 57 heavy (non-hydrogen) atoms. The number of carbonyl (C=O) groups is 2. The number of likely N-dealkylation sites (tertiary alicyclic amines) is 1. The van der Waals surface area contributed by atoms with Crippen LogP contribution in [0.25, 0.3) is 32.2 Å². The Kier molecular flexibility index (Phi) is 9.90. The molecule has 4 atom stereocenters. The highest BCUT2D eigenvalue weighted by molar-refractivity contribution is 7.22. The molecule has 2 amide bonds. The number of amides is 2. The van der Waals surface area contributed by atoms with E-state index in [1.54, 1.807) is 46.4 Å². The Hall–Kier alpha value is -4.22. The van der Waals surface area contributed by atoms with E-state index in [1.807, 2.05) is 4.90 Å². The summed E-state index contributed by atoms with van der Waals surface area (Å²) in [5.74, 6) is -2.82. The van der Waals surface area contributed by atoms with Crippen LogP contribution in [0.2, 0.25) is 5.02 Å². The summed E-state index contributed by atoms with van der Waals surface area (Å²) in [6.07, 6.45) is 0.997. The second-order valence-corrected chi connectivity index (χ2v) is 18.8. The summed E-state index contributed by atoms with van der Waals surface area (Å²) in [6, 6.07) is 1.44. The van der Waals surface area contributed by atoms with Crippen LogP contribution < -0.4 is 15.0 Å². The highest BCUT2D eigenvalue weighted by Gasteiger charge is 2.50. The SMILES string of the molecule is CC(C)(C)OC(=O)Nc1nc2c(-c3c(Cl)cc4c(N5C6CCC5CN(C(=O)OC(C)(C)C)C6)nc(OC[C@@]56CCCN5C[C@H](F)C6)nc4c3F)c(F)cc(F)c2s1. The van der Waals surface area contributed by atoms with Gasteiger partial charge in [0.25, 0.3) is 0 Å². The lowest BCUT2D eigenvalue weighted by molar-refractivity contribution is 0.0209. The number of halogens is 5. The van der Waals surface area contributed by atoms with Crippen LogP contribution in [-0.4, -0.2) is 105 Å². The van der Waals surface area contributed by atoms with Crippen molar-refractivity contribution in [2.75, 3.05) is 43.0 Å². The fourth-order valence-electron chi connectivity index (χ4n) is 8.72. The molecule has 12 nitrogen and oxygen atoms in total. The molecule has 4 aromatic rings. The summed E-state index contributed by atoms with van der Waals surface area (Å²) in [5.41, 5.74) is -3.45. The third-order valence-electron chi connectivity index (χ3n) is 10.9. The number of alkyl halides is 1. The minimum Gasteiger partial charge on any atom is -0.461 e. The quantitative estimate of drug-likeness (QED) is 0.189. The normalized spacial score (nSPS) is 23.7. The Morgan fingerprint density at radius 3 is 2.33 bits per heavy atom. The van der Waals surface area contributed by atoms with Crippen molar-refractivity contribution in [3.05, 3.63) is 34.6 Å². The van der Waals surface area contributed by atoms with Gasteiger partial charge in [0, 0.05) is 60.7 Å². The zero-order chi connectivity index (χ0) is 40.8. The van der Waals surface area contributed by atoms with Gasteiger partial charge >= 0.3 is 18.2 Å².